The third-order valence-corrected chi connectivity index (χ3v) is 0.964. The summed E-state index contributed by atoms with van der Waals surface area (Å²) in [5.41, 5.74) is 10.6. The van der Waals surface area contributed by atoms with Gasteiger partial charge in [-0.3, -0.25) is 0 Å². The molecule has 1 aromatic heterocycles. The molecule has 0 bridgehead atoms. The van der Waals surface area contributed by atoms with Gasteiger partial charge in [-0.05, 0) is 6.07 Å². The Bertz CT molecular complexity index is 257. The van der Waals surface area contributed by atoms with Crippen LogP contribution < -0.4 is 16.2 Å². The van der Waals surface area contributed by atoms with E-state index < -0.39 is 6.09 Å². The number of carbonyl (C=O) groups is 1. The van der Waals surface area contributed by atoms with Gasteiger partial charge in [0.1, 0.15) is 0 Å². The van der Waals surface area contributed by atoms with E-state index in [-0.39, 0.29) is 5.88 Å². The van der Waals surface area contributed by atoms with Crippen molar-refractivity contribution in [2.45, 2.75) is 0 Å². The number of nitrogen functional groups attached to an aromatic ring is 1. The molecule has 0 radical (unpaired) electrons. The van der Waals surface area contributed by atoms with Crippen LogP contribution in [0.5, 0.6) is 5.88 Å². The highest BCUT2D eigenvalue weighted by Crippen LogP contribution is 2.07. The average molecular weight is 153 g/mol. The minimum atomic E-state index is -0.887. The molecule has 0 atom stereocenters. The van der Waals surface area contributed by atoms with Crippen LogP contribution in [0, 0.1) is 0 Å². The normalized spacial score (nSPS) is 9.09. The summed E-state index contributed by atoms with van der Waals surface area (Å²) < 4.78 is 4.44. The molecule has 4 N–H and O–H groups in total. The van der Waals surface area contributed by atoms with Crippen LogP contribution in [0.4, 0.5) is 10.5 Å². The van der Waals surface area contributed by atoms with Gasteiger partial charge < -0.3 is 16.2 Å². The largest absolute Gasteiger partial charge is 0.411 e. The summed E-state index contributed by atoms with van der Waals surface area (Å²) in [6.07, 6.45) is 0.487. The Morgan fingerprint density at radius 2 is 2.27 bits per heavy atom. The van der Waals surface area contributed by atoms with Crippen molar-refractivity contribution in [1.82, 2.24) is 4.98 Å². The Labute approximate surface area is 63.0 Å². The number of hydrogen-bond acceptors (Lipinski definition) is 4. The van der Waals surface area contributed by atoms with E-state index in [1.165, 1.54) is 12.3 Å². The number of primary amides is 1. The van der Waals surface area contributed by atoms with E-state index in [0.717, 1.165) is 0 Å². The number of carbonyl (C=O) groups excluding carboxylic acids is 1. The van der Waals surface area contributed by atoms with Crippen molar-refractivity contribution in [2.24, 2.45) is 5.73 Å². The van der Waals surface area contributed by atoms with Crippen LogP contribution in [-0.2, 0) is 0 Å². The summed E-state index contributed by atoms with van der Waals surface area (Å²) in [4.78, 5) is 13.9. The molecule has 0 aliphatic rings. The van der Waals surface area contributed by atoms with Crippen LogP contribution in [-0.4, -0.2) is 11.1 Å². The predicted octanol–water partition coefficient (Wildman–Crippen LogP) is 0.121. The second kappa shape index (κ2) is 2.87. The Hall–Kier alpha value is -1.78. The molecule has 0 aromatic carbocycles. The highest BCUT2D eigenvalue weighted by molar-refractivity contribution is 5.67. The lowest BCUT2D eigenvalue weighted by Crippen LogP contribution is -2.16. The third-order valence-electron chi connectivity index (χ3n) is 0.964. The van der Waals surface area contributed by atoms with Crippen molar-refractivity contribution >= 4 is 11.8 Å². The Morgan fingerprint density at radius 3 is 2.73 bits per heavy atom. The van der Waals surface area contributed by atoms with Gasteiger partial charge in [0.05, 0.1) is 11.9 Å². The standard InChI is InChI=1S/C6H7N3O2/c7-4-1-2-5(9-3-4)11-6(8)10/h1-3H,7H2,(H2,8,10). The zero-order chi connectivity index (χ0) is 8.27. The molecule has 1 rings (SSSR count). The number of rotatable bonds is 1. The molecule has 58 valence electrons. The fraction of sp³-hybridized carbons (Fsp3) is 0. The van der Waals surface area contributed by atoms with Crippen LogP contribution in [0.1, 0.15) is 0 Å². The maximum atomic E-state index is 10.2. The summed E-state index contributed by atoms with van der Waals surface area (Å²) in [6, 6.07) is 3.02. The van der Waals surface area contributed by atoms with Gasteiger partial charge in [-0.25, -0.2) is 9.78 Å². The summed E-state index contributed by atoms with van der Waals surface area (Å²) in [6.45, 7) is 0. The fourth-order valence-corrected chi connectivity index (χ4v) is 0.555. The number of anilines is 1. The van der Waals surface area contributed by atoms with Gasteiger partial charge in [0.15, 0.2) is 0 Å². The van der Waals surface area contributed by atoms with Gasteiger partial charge in [0.2, 0.25) is 5.88 Å². The van der Waals surface area contributed by atoms with Gasteiger partial charge in [0, 0.05) is 6.07 Å². The van der Waals surface area contributed by atoms with Crippen LogP contribution in [0.2, 0.25) is 0 Å². The Balaban J connectivity index is 2.74. The monoisotopic (exact) mass is 153 g/mol. The van der Waals surface area contributed by atoms with Crippen LogP contribution in [0.3, 0.4) is 0 Å². The lowest BCUT2D eigenvalue weighted by Gasteiger charge is -1.97. The quantitative estimate of drug-likeness (QED) is 0.599. The minimum Gasteiger partial charge on any atom is -0.397 e. The molecule has 1 aromatic rings. The number of ether oxygens (including phenoxy) is 1. The van der Waals surface area contributed by atoms with E-state index >= 15 is 0 Å². The van der Waals surface area contributed by atoms with Crippen LogP contribution >= 0.6 is 0 Å². The molecule has 5 nitrogen and oxygen atoms in total. The van der Waals surface area contributed by atoms with E-state index in [1.54, 1.807) is 6.07 Å². The molecular formula is C6H7N3O2. The summed E-state index contributed by atoms with van der Waals surface area (Å²) in [5.74, 6) is 0.145. The first-order valence-corrected chi connectivity index (χ1v) is 2.87. The molecule has 0 aliphatic heterocycles. The maximum Gasteiger partial charge on any atom is 0.411 e. The zero-order valence-corrected chi connectivity index (χ0v) is 5.65. The first kappa shape index (κ1) is 7.33. The summed E-state index contributed by atoms with van der Waals surface area (Å²) in [7, 11) is 0. The average Bonchev–Trinajstić information content (AvgIpc) is 1.93. The number of nitrogens with two attached hydrogens (primary N) is 2. The molecule has 1 heterocycles. The predicted molar refractivity (Wildman–Crippen MR) is 38.9 cm³/mol. The molecule has 0 saturated heterocycles. The van der Waals surface area contributed by atoms with Crippen molar-refractivity contribution < 1.29 is 9.53 Å². The summed E-state index contributed by atoms with van der Waals surface area (Å²) >= 11 is 0. The van der Waals surface area contributed by atoms with Gasteiger partial charge in [-0.2, -0.15) is 0 Å². The van der Waals surface area contributed by atoms with E-state index in [9.17, 15) is 4.79 Å². The first-order valence-electron chi connectivity index (χ1n) is 2.87. The molecule has 0 fully saturated rings. The second-order valence-corrected chi connectivity index (χ2v) is 1.85. The van der Waals surface area contributed by atoms with Gasteiger partial charge in [0.25, 0.3) is 0 Å². The molecule has 11 heavy (non-hydrogen) atoms. The van der Waals surface area contributed by atoms with E-state index in [0.29, 0.717) is 5.69 Å². The van der Waals surface area contributed by atoms with Crippen molar-refractivity contribution in [2.75, 3.05) is 5.73 Å². The SMILES string of the molecule is NC(=O)Oc1ccc(N)cn1. The van der Waals surface area contributed by atoms with E-state index in [2.05, 4.69) is 9.72 Å². The zero-order valence-electron chi connectivity index (χ0n) is 5.65. The smallest absolute Gasteiger partial charge is 0.397 e. The van der Waals surface area contributed by atoms with Gasteiger partial charge >= 0.3 is 6.09 Å². The highest BCUT2D eigenvalue weighted by atomic mass is 16.6. The van der Waals surface area contributed by atoms with Crippen molar-refractivity contribution in [3.05, 3.63) is 18.3 Å². The molecule has 5 heteroatoms. The minimum absolute atomic E-state index is 0.145. The van der Waals surface area contributed by atoms with E-state index in [4.69, 9.17) is 11.5 Å². The number of nitrogens with zero attached hydrogens (tertiary/aromatic N) is 1. The number of aromatic nitrogens is 1. The Morgan fingerprint density at radius 1 is 1.55 bits per heavy atom. The van der Waals surface area contributed by atoms with Crippen molar-refractivity contribution in [1.29, 1.82) is 0 Å². The molecule has 0 aliphatic carbocycles. The van der Waals surface area contributed by atoms with Crippen LogP contribution in [0.25, 0.3) is 0 Å². The lowest BCUT2D eigenvalue weighted by atomic mass is 10.4. The maximum absolute atomic E-state index is 10.2. The molecule has 0 unspecified atom stereocenters. The topological polar surface area (TPSA) is 91.2 Å². The lowest BCUT2D eigenvalue weighted by molar-refractivity contribution is 0.209. The summed E-state index contributed by atoms with van der Waals surface area (Å²) in [5, 5.41) is 0. The molecule has 0 spiro atoms. The molecular weight excluding hydrogens is 146 g/mol. The van der Waals surface area contributed by atoms with Gasteiger partial charge in [-0.1, -0.05) is 0 Å². The number of pyridine rings is 1. The second-order valence-electron chi connectivity index (χ2n) is 1.85. The molecule has 1 amide bonds. The number of amides is 1. The number of hydrogen-bond donors (Lipinski definition) is 2. The highest BCUT2D eigenvalue weighted by Gasteiger charge is 1.97. The van der Waals surface area contributed by atoms with Crippen LogP contribution in [0.15, 0.2) is 18.3 Å². The fourth-order valence-electron chi connectivity index (χ4n) is 0.555. The Kier molecular flexibility index (Phi) is 1.91. The van der Waals surface area contributed by atoms with Crippen molar-refractivity contribution in [3.8, 4) is 5.88 Å². The first-order chi connectivity index (χ1) is 5.18. The molecule has 0 saturated carbocycles. The van der Waals surface area contributed by atoms with E-state index in [1.807, 2.05) is 0 Å². The van der Waals surface area contributed by atoms with Gasteiger partial charge in [-0.15, -0.1) is 0 Å². The van der Waals surface area contributed by atoms with Crippen molar-refractivity contribution in [3.63, 3.8) is 0 Å². The third kappa shape index (κ3) is 2.13.